The lowest BCUT2D eigenvalue weighted by molar-refractivity contribution is -0.137. The minimum absolute atomic E-state index is 0.0149. The van der Waals surface area contributed by atoms with E-state index >= 15 is 0 Å². The van der Waals surface area contributed by atoms with Gasteiger partial charge in [0.15, 0.2) is 0 Å². The van der Waals surface area contributed by atoms with Gasteiger partial charge in [-0.05, 0) is 27.9 Å². The molecule has 3 aromatic rings. The number of aromatic nitrogens is 3. The first-order valence-corrected chi connectivity index (χ1v) is 9.99. The van der Waals surface area contributed by atoms with E-state index < -0.39 is 17.8 Å². The molecule has 0 atom stereocenters. The van der Waals surface area contributed by atoms with Crippen molar-refractivity contribution in [2.75, 3.05) is 24.4 Å². The Balaban J connectivity index is 2.07. The average Bonchev–Trinajstić information content (AvgIpc) is 3.13. The van der Waals surface area contributed by atoms with E-state index in [4.69, 9.17) is 0 Å². The highest BCUT2D eigenvalue weighted by atomic mass is 79.9. The normalized spacial score (nSPS) is 11.7. The SMILES string of the molecule is COC(=O)Nc1ccc2c(-c3nc(NNCC(C)C)ncc3C(F)(F)F)c[nH]c2c1Br. The van der Waals surface area contributed by atoms with Crippen molar-refractivity contribution >= 4 is 44.6 Å². The van der Waals surface area contributed by atoms with Crippen LogP contribution in [0.1, 0.15) is 19.4 Å². The Morgan fingerprint density at radius 1 is 1.32 bits per heavy atom. The molecule has 2 aromatic heterocycles. The molecule has 4 N–H and O–H groups in total. The van der Waals surface area contributed by atoms with Crippen LogP contribution in [0.5, 0.6) is 0 Å². The summed E-state index contributed by atoms with van der Waals surface area (Å²) in [4.78, 5) is 22.3. The van der Waals surface area contributed by atoms with Crippen molar-refractivity contribution < 1.29 is 22.7 Å². The zero-order chi connectivity index (χ0) is 22.8. The van der Waals surface area contributed by atoms with Gasteiger partial charge in [-0.2, -0.15) is 13.2 Å². The molecule has 0 aliphatic heterocycles. The molecule has 0 radical (unpaired) electrons. The fraction of sp³-hybridized carbons (Fsp3) is 0.316. The number of H-pyrrole nitrogens is 1. The summed E-state index contributed by atoms with van der Waals surface area (Å²) in [6.45, 7) is 4.55. The first-order valence-electron chi connectivity index (χ1n) is 9.19. The molecule has 0 aliphatic carbocycles. The maximum atomic E-state index is 13.7. The van der Waals surface area contributed by atoms with Crippen molar-refractivity contribution in [3.8, 4) is 11.3 Å². The van der Waals surface area contributed by atoms with Crippen LogP contribution < -0.4 is 16.2 Å². The van der Waals surface area contributed by atoms with Gasteiger partial charge >= 0.3 is 12.3 Å². The number of hydrazine groups is 1. The zero-order valence-electron chi connectivity index (χ0n) is 16.8. The van der Waals surface area contributed by atoms with E-state index in [-0.39, 0.29) is 17.2 Å². The molecule has 1 amide bonds. The quantitative estimate of drug-likeness (QED) is 0.348. The smallest absolute Gasteiger partial charge is 0.419 e. The molecule has 166 valence electrons. The first kappa shape index (κ1) is 22.8. The number of hydrogen-bond donors (Lipinski definition) is 4. The molecular weight excluding hydrogens is 481 g/mol. The third-order valence-electron chi connectivity index (χ3n) is 4.27. The van der Waals surface area contributed by atoms with Gasteiger partial charge < -0.3 is 9.72 Å². The van der Waals surface area contributed by atoms with Gasteiger partial charge in [-0.15, -0.1) is 0 Å². The van der Waals surface area contributed by atoms with Gasteiger partial charge in [0.2, 0.25) is 5.95 Å². The summed E-state index contributed by atoms with van der Waals surface area (Å²) in [6, 6.07) is 3.14. The molecule has 8 nitrogen and oxygen atoms in total. The number of aromatic amines is 1. The second-order valence-electron chi connectivity index (χ2n) is 7.02. The van der Waals surface area contributed by atoms with Crippen LogP contribution in [-0.4, -0.2) is 34.7 Å². The van der Waals surface area contributed by atoms with Crippen LogP contribution in [0.15, 0.2) is 29.0 Å². The molecule has 3 rings (SSSR count). The third-order valence-corrected chi connectivity index (χ3v) is 5.10. The summed E-state index contributed by atoms with van der Waals surface area (Å²) < 4.78 is 46.0. The maximum absolute atomic E-state index is 13.7. The topological polar surface area (TPSA) is 104 Å². The Bertz CT molecular complexity index is 1100. The van der Waals surface area contributed by atoms with Crippen molar-refractivity contribution in [1.82, 2.24) is 20.4 Å². The fourth-order valence-electron chi connectivity index (χ4n) is 2.81. The van der Waals surface area contributed by atoms with Crippen LogP contribution in [0.25, 0.3) is 22.2 Å². The highest BCUT2D eigenvalue weighted by molar-refractivity contribution is 9.10. The highest BCUT2D eigenvalue weighted by Gasteiger charge is 2.36. The predicted octanol–water partition coefficient (Wildman–Crippen LogP) is 5.16. The Labute approximate surface area is 184 Å². The third kappa shape index (κ3) is 5.07. The van der Waals surface area contributed by atoms with E-state index in [1.165, 1.54) is 13.3 Å². The largest absolute Gasteiger partial charge is 0.453 e. The molecule has 0 unspecified atom stereocenters. The second-order valence-corrected chi connectivity index (χ2v) is 7.81. The van der Waals surface area contributed by atoms with Crippen LogP contribution in [-0.2, 0) is 10.9 Å². The van der Waals surface area contributed by atoms with E-state index in [9.17, 15) is 18.0 Å². The zero-order valence-corrected chi connectivity index (χ0v) is 18.4. The average molecular weight is 501 g/mol. The number of fused-ring (bicyclic) bond motifs is 1. The molecule has 0 saturated heterocycles. The molecule has 2 heterocycles. The summed E-state index contributed by atoms with van der Waals surface area (Å²) in [6.07, 6.45) is -3.14. The molecule has 0 saturated carbocycles. The van der Waals surface area contributed by atoms with Gasteiger partial charge in [0.05, 0.1) is 28.5 Å². The van der Waals surface area contributed by atoms with Gasteiger partial charge in [-0.1, -0.05) is 19.9 Å². The minimum atomic E-state index is -4.65. The highest BCUT2D eigenvalue weighted by Crippen LogP contribution is 2.41. The van der Waals surface area contributed by atoms with Crippen molar-refractivity contribution in [2.24, 2.45) is 5.92 Å². The number of carbonyl (C=O) groups is 1. The number of alkyl halides is 3. The molecule has 0 fully saturated rings. The summed E-state index contributed by atoms with van der Waals surface area (Å²) in [5, 5.41) is 3.01. The monoisotopic (exact) mass is 500 g/mol. The van der Waals surface area contributed by atoms with Crippen molar-refractivity contribution in [3.05, 3.63) is 34.6 Å². The summed E-state index contributed by atoms with van der Waals surface area (Å²) >= 11 is 3.37. The molecule has 0 spiro atoms. The number of benzene rings is 1. The number of ether oxygens (including phenoxy) is 1. The molecule has 0 bridgehead atoms. The molecule has 12 heteroatoms. The number of hydrogen-bond acceptors (Lipinski definition) is 6. The lowest BCUT2D eigenvalue weighted by Gasteiger charge is -2.14. The molecule has 0 aliphatic rings. The number of anilines is 2. The van der Waals surface area contributed by atoms with E-state index in [2.05, 4.69) is 51.8 Å². The van der Waals surface area contributed by atoms with Crippen molar-refractivity contribution in [2.45, 2.75) is 20.0 Å². The minimum Gasteiger partial charge on any atom is -0.453 e. The van der Waals surface area contributed by atoms with E-state index in [0.717, 1.165) is 6.20 Å². The van der Waals surface area contributed by atoms with Crippen LogP contribution in [0, 0.1) is 5.92 Å². The van der Waals surface area contributed by atoms with Gasteiger partial charge in [0.1, 0.15) is 5.56 Å². The number of nitrogens with zero attached hydrogens (tertiary/aromatic N) is 2. The Hall–Kier alpha value is -2.86. The van der Waals surface area contributed by atoms with Crippen LogP contribution in [0.4, 0.5) is 29.6 Å². The van der Waals surface area contributed by atoms with Crippen LogP contribution >= 0.6 is 15.9 Å². The molecule has 31 heavy (non-hydrogen) atoms. The summed E-state index contributed by atoms with van der Waals surface area (Å²) in [5.41, 5.74) is 5.50. The molecular formula is C19H20BrF3N6O2. The van der Waals surface area contributed by atoms with Gasteiger partial charge in [-0.3, -0.25) is 10.7 Å². The van der Waals surface area contributed by atoms with Gasteiger partial charge in [0, 0.05) is 29.9 Å². The Kier molecular flexibility index (Phi) is 6.70. The fourth-order valence-corrected chi connectivity index (χ4v) is 3.37. The van der Waals surface area contributed by atoms with E-state index in [1.54, 1.807) is 12.1 Å². The maximum Gasteiger partial charge on any atom is 0.419 e. The summed E-state index contributed by atoms with van der Waals surface area (Å²) in [7, 11) is 1.23. The van der Waals surface area contributed by atoms with Crippen molar-refractivity contribution in [1.29, 1.82) is 0 Å². The van der Waals surface area contributed by atoms with Gasteiger partial charge in [0.25, 0.3) is 0 Å². The lowest BCUT2D eigenvalue weighted by atomic mass is 10.1. The number of methoxy groups -OCH3 is 1. The van der Waals surface area contributed by atoms with Crippen LogP contribution in [0.2, 0.25) is 0 Å². The van der Waals surface area contributed by atoms with E-state index in [1.807, 2.05) is 13.8 Å². The van der Waals surface area contributed by atoms with E-state index in [0.29, 0.717) is 33.5 Å². The summed E-state index contributed by atoms with van der Waals surface area (Å²) in [5.74, 6) is 0.334. The number of halogens is 4. The Morgan fingerprint density at radius 3 is 2.71 bits per heavy atom. The second kappa shape index (κ2) is 9.10. The lowest BCUT2D eigenvalue weighted by Crippen LogP contribution is -2.27. The number of carbonyl (C=O) groups excluding carboxylic acids is 1. The number of rotatable bonds is 6. The van der Waals surface area contributed by atoms with Gasteiger partial charge in [-0.25, -0.2) is 20.2 Å². The first-order chi connectivity index (χ1) is 14.6. The molecule has 1 aromatic carbocycles. The van der Waals surface area contributed by atoms with Crippen LogP contribution in [0.3, 0.4) is 0 Å². The number of nitrogens with one attached hydrogen (secondary N) is 4. The Morgan fingerprint density at radius 2 is 2.06 bits per heavy atom. The number of amides is 1. The predicted molar refractivity (Wildman–Crippen MR) is 115 cm³/mol. The standard InChI is InChI=1S/C19H20BrF3N6O2/c1-9(2)6-26-29-17-25-8-12(19(21,22)23)15(28-17)11-7-24-16-10(11)4-5-13(14(16)20)27-18(30)31-3/h4-5,7-9,24,26H,6H2,1-3H3,(H,27,30)(H,25,28,29). The van der Waals surface area contributed by atoms with Crippen molar-refractivity contribution in [3.63, 3.8) is 0 Å².